The molecule has 1 aromatic carbocycles. The number of aromatic nitrogens is 4. The first-order chi connectivity index (χ1) is 15.3. The van der Waals surface area contributed by atoms with Crippen LogP contribution in [0.4, 0.5) is 5.69 Å². The van der Waals surface area contributed by atoms with Gasteiger partial charge in [0.2, 0.25) is 0 Å². The number of imidazole rings is 1. The lowest BCUT2D eigenvalue weighted by Gasteiger charge is -2.14. The highest BCUT2D eigenvalue weighted by atomic mass is 16.6. The molecule has 32 heavy (non-hydrogen) atoms. The van der Waals surface area contributed by atoms with Crippen molar-refractivity contribution in [2.75, 3.05) is 0 Å². The number of benzene rings is 1. The number of H-pyrrole nitrogens is 1. The number of nitro groups is 1. The van der Waals surface area contributed by atoms with Gasteiger partial charge in [0, 0.05) is 25.2 Å². The summed E-state index contributed by atoms with van der Waals surface area (Å²) in [6.45, 7) is 4.17. The Morgan fingerprint density at radius 1 is 1.06 bits per heavy atom. The Balaban J connectivity index is 1.79. The highest BCUT2D eigenvalue weighted by Gasteiger charge is 2.37. The summed E-state index contributed by atoms with van der Waals surface area (Å²) in [5, 5.41) is 11.0. The van der Waals surface area contributed by atoms with Crippen LogP contribution in [0.2, 0.25) is 0 Å². The van der Waals surface area contributed by atoms with Gasteiger partial charge in [-0.15, -0.1) is 0 Å². The van der Waals surface area contributed by atoms with Crippen LogP contribution in [-0.4, -0.2) is 40.7 Å². The maximum absolute atomic E-state index is 12.9. The van der Waals surface area contributed by atoms with E-state index in [0.717, 1.165) is 17.4 Å². The molecular weight excluding hydrogens is 420 g/mol. The average Bonchev–Trinajstić information content (AvgIpc) is 3.24. The van der Waals surface area contributed by atoms with Crippen molar-refractivity contribution in [3.8, 4) is 0 Å². The van der Waals surface area contributed by atoms with E-state index in [1.165, 1.54) is 16.7 Å². The van der Waals surface area contributed by atoms with Gasteiger partial charge in [0.1, 0.15) is 5.82 Å². The van der Waals surface area contributed by atoms with Crippen LogP contribution in [-0.2, 0) is 19.6 Å². The van der Waals surface area contributed by atoms with Crippen LogP contribution in [0.3, 0.4) is 0 Å². The van der Waals surface area contributed by atoms with Crippen molar-refractivity contribution in [1.82, 2.24) is 24.0 Å². The highest BCUT2D eigenvalue weighted by molar-refractivity contribution is 6.21. The molecule has 0 saturated carbocycles. The molecule has 2 aromatic heterocycles. The minimum atomic E-state index is -0.680. The lowest BCUT2D eigenvalue weighted by Crippen LogP contribution is -2.31. The van der Waals surface area contributed by atoms with Crippen LogP contribution in [0.1, 0.15) is 53.2 Å². The van der Waals surface area contributed by atoms with Gasteiger partial charge in [-0.2, -0.15) is 0 Å². The van der Waals surface area contributed by atoms with Gasteiger partial charge in [0.25, 0.3) is 23.1 Å². The van der Waals surface area contributed by atoms with Crippen molar-refractivity contribution in [1.29, 1.82) is 0 Å². The van der Waals surface area contributed by atoms with E-state index in [0.29, 0.717) is 19.5 Å². The molecule has 0 saturated heterocycles. The normalized spacial score (nSPS) is 13.2. The minimum absolute atomic E-state index is 0.0546. The van der Waals surface area contributed by atoms with E-state index < -0.39 is 28.0 Å². The molecule has 0 fully saturated rings. The largest absolute Gasteiger partial charge is 0.330 e. The summed E-state index contributed by atoms with van der Waals surface area (Å²) in [6, 6.07) is 3.50. The van der Waals surface area contributed by atoms with E-state index in [-0.39, 0.29) is 40.3 Å². The molecule has 1 aliphatic heterocycles. The van der Waals surface area contributed by atoms with Gasteiger partial charge < -0.3 is 4.57 Å². The Kier molecular flexibility index (Phi) is 5.20. The lowest BCUT2D eigenvalue weighted by molar-refractivity contribution is -0.384. The monoisotopic (exact) mass is 440 g/mol. The van der Waals surface area contributed by atoms with Crippen LogP contribution >= 0.6 is 0 Å². The number of hydrogen-bond acceptors (Lipinski definition) is 7. The first kappa shape index (κ1) is 21.2. The van der Waals surface area contributed by atoms with Crippen LogP contribution < -0.4 is 11.2 Å². The van der Waals surface area contributed by atoms with Crippen molar-refractivity contribution >= 4 is 28.7 Å². The summed E-state index contributed by atoms with van der Waals surface area (Å²) in [6.07, 6.45) is 1.53. The van der Waals surface area contributed by atoms with E-state index in [4.69, 9.17) is 0 Å². The van der Waals surface area contributed by atoms with Gasteiger partial charge in [0.05, 0.1) is 22.6 Å². The first-order valence-corrected chi connectivity index (χ1v) is 10.1. The predicted molar refractivity (Wildman–Crippen MR) is 112 cm³/mol. The highest BCUT2D eigenvalue weighted by Crippen LogP contribution is 2.28. The number of carbonyl (C=O) groups is 2. The number of rotatable bonds is 7. The Hall–Kier alpha value is -4.09. The smallest absolute Gasteiger partial charge is 0.321 e. The number of imide groups is 1. The van der Waals surface area contributed by atoms with Crippen molar-refractivity contribution in [3.63, 3.8) is 0 Å². The van der Waals surface area contributed by atoms with E-state index in [9.17, 15) is 29.3 Å². The molecule has 3 aromatic rings. The zero-order chi connectivity index (χ0) is 23.2. The Morgan fingerprint density at radius 2 is 1.78 bits per heavy atom. The van der Waals surface area contributed by atoms with Gasteiger partial charge in [-0.3, -0.25) is 38.9 Å². The van der Waals surface area contributed by atoms with Gasteiger partial charge in [-0.25, -0.2) is 9.78 Å². The average molecular weight is 440 g/mol. The maximum Gasteiger partial charge on any atom is 0.330 e. The van der Waals surface area contributed by atoms with Gasteiger partial charge in [0.15, 0.2) is 11.2 Å². The fourth-order valence-corrected chi connectivity index (χ4v) is 3.88. The molecule has 0 unspecified atom stereocenters. The zero-order valence-electron chi connectivity index (χ0n) is 17.5. The number of fused-ring (bicyclic) bond motifs is 2. The zero-order valence-corrected chi connectivity index (χ0v) is 17.5. The van der Waals surface area contributed by atoms with Crippen LogP contribution in [0.25, 0.3) is 11.2 Å². The predicted octanol–water partition coefficient (Wildman–Crippen LogP) is 1.41. The topological polar surface area (TPSA) is 153 Å². The standard InChI is InChI=1S/C20H20N6O6/c1-3-5-8-24-16-15(17(27)22-20(24)30)23(4-2)14(21-16)10-25-18(28)12-7-6-11(26(31)32)9-13(12)19(25)29/h6-7,9H,3-5,8,10H2,1-2H3,(H,22,27,30). The molecule has 0 spiro atoms. The number of aryl methyl sites for hydroxylation is 2. The second kappa shape index (κ2) is 7.87. The molecule has 3 heterocycles. The number of unbranched alkanes of at least 4 members (excludes halogenated alkanes) is 1. The second-order valence-corrected chi connectivity index (χ2v) is 7.39. The summed E-state index contributed by atoms with van der Waals surface area (Å²) in [4.78, 5) is 68.6. The van der Waals surface area contributed by atoms with Crippen molar-refractivity contribution in [2.45, 2.75) is 46.3 Å². The van der Waals surface area contributed by atoms with Crippen LogP contribution in [0.15, 0.2) is 27.8 Å². The molecule has 166 valence electrons. The molecule has 0 radical (unpaired) electrons. The number of nitro benzene ring substituents is 1. The Bertz CT molecular complexity index is 1400. The maximum atomic E-state index is 12.9. The number of aromatic amines is 1. The van der Waals surface area contributed by atoms with Gasteiger partial charge >= 0.3 is 5.69 Å². The fourth-order valence-electron chi connectivity index (χ4n) is 3.88. The first-order valence-electron chi connectivity index (χ1n) is 10.1. The third kappa shape index (κ3) is 3.20. The van der Waals surface area contributed by atoms with E-state index in [1.807, 2.05) is 6.92 Å². The van der Waals surface area contributed by atoms with Gasteiger partial charge in [-0.05, 0) is 19.4 Å². The lowest BCUT2D eigenvalue weighted by atomic mass is 10.1. The number of nitrogens with zero attached hydrogens (tertiary/aromatic N) is 5. The van der Waals surface area contributed by atoms with E-state index in [2.05, 4.69) is 9.97 Å². The molecule has 2 amide bonds. The van der Waals surface area contributed by atoms with Crippen molar-refractivity contribution < 1.29 is 14.5 Å². The molecule has 4 rings (SSSR count). The second-order valence-electron chi connectivity index (χ2n) is 7.39. The van der Waals surface area contributed by atoms with Crippen LogP contribution in [0.5, 0.6) is 0 Å². The number of non-ortho nitro benzene ring substituents is 1. The molecule has 12 heteroatoms. The Morgan fingerprint density at radius 3 is 2.44 bits per heavy atom. The summed E-state index contributed by atoms with van der Waals surface area (Å²) < 4.78 is 2.93. The molecule has 12 nitrogen and oxygen atoms in total. The molecular formula is C20H20N6O6. The van der Waals surface area contributed by atoms with Gasteiger partial charge in [-0.1, -0.05) is 13.3 Å². The quantitative estimate of drug-likeness (QED) is 0.331. The van der Waals surface area contributed by atoms with E-state index >= 15 is 0 Å². The Labute approximate surface area is 180 Å². The summed E-state index contributed by atoms with van der Waals surface area (Å²) in [5.74, 6) is -1.03. The molecule has 0 bridgehead atoms. The summed E-state index contributed by atoms with van der Waals surface area (Å²) in [7, 11) is 0. The molecule has 1 N–H and O–H groups in total. The molecule has 0 aliphatic carbocycles. The fraction of sp³-hybridized carbons (Fsp3) is 0.350. The van der Waals surface area contributed by atoms with Crippen molar-refractivity contribution in [3.05, 3.63) is 66.1 Å². The molecule has 0 atom stereocenters. The van der Waals surface area contributed by atoms with Crippen LogP contribution in [0, 0.1) is 10.1 Å². The number of amides is 2. The van der Waals surface area contributed by atoms with Crippen molar-refractivity contribution in [2.24, 2.45) is 0 Å². The minimum Gasteiger partial charge on any atom is -0.321 e. The number of carbonyl (C=O) groups excluding carboxylic acids is 2. The summed E-state index contributed by atoms with van der Waals surface area (Å²) in [5.41, 5.74) is -1.08. The molecule has 1 aliphatic rings. The van der Waals surface area contributed by atoms with E-state index in [1.54, 1.807) is 11.5 Å². The third-order valence-corrected chi connectivity index (χ3v) is 5.48. The number of hydrogen-bond donors (Lipinski definition) is 1. The number of nitrogens with one attached hydrogen (secondary N) is 1. The SMILES string of the molecule is CCCCn1c(=O)[nH]c(=O)c2c1nc(CN1C(=O)c3ccc([N+](=O)[O-])cc3C1=O)n2CC. The summed E-state index contributed by atoms with van der Waals surface area (Å²) >= 11 is 0. The third-order valence-electron chi connectivity index (χ3n) is 5.48.